The van der Waals surface area contributed by atoms with Crippen LogP contribution in [0.25, 0.3) is 11.1 Å². The number of hydrogen-bond acceptors (Lipinski definition) is 3. The van der Waals surface area contributed by atoms with Crippen LogP contribution in [0.1, 0.15) is 19.4 Å². The summed E-state index contributed by atoms with van der Waals surface area (Å²) in [5, 5.41) is 0. The smallest absolute Gasteiger partial charge is 0.208 e. The van der Waals surface area contributed by atoms with Gasteiger partial charge in [-0.05, 0) is 49.1 Å². The predicted molar refractivity (Wildman–Crippen MR) is 94.2 cm³/mol. The summed E-state index contributed by atoms with van der Waals surface area (Å²) in [7, 11) is -3.17. The van der Waals surface area contributed by atoms with Crippen molar-refractivity contribution in [3.8, 4) is 16.9 Å². The molecule has 124 valence electrons. The van der Waals surface area contributed by atoms with Crippen LogP contribution in [0.2, 0.25) is 0 Å². The van der Waals surface area contributed by atoms with E-state index in [0.717, 1.165) is 22.4 Å². The third kappa shape index (κ3) is 5.69. The molecule has 0 aliphatic carbocycles. The first kappa shape index (κ1) is 17.5. The fraction of sp³-hybridized carbons (Fsp3) is 0.333. The molecule has 1 N–H and O–H groups in total. The molecule has 1 atom stereocenters. The largest absolute Gasteiger partial charge is 0.494 e. The van der Waals surface area contributed by atoms with Gasteiger partial charge in [0.25, 0.3) is 0 Å². The lowest BCUT2D eigenvalue weighted by molar-refractivity contribution is 0.340. The Balaban J connectivity index is 2.04. The van der Waals surface area contributed by atoms with Gasteiger partial charge in [-0.3, -0.25) is 0 Å². The number of nitrogens with one attached hydrogen (secondary N) is 1. The quantitative estimate of drug-likeness (QED) is 0.846. The van der Waals surface area contributed by atoms with E-state index in [9.17, 15) is 8.42 Å². The summed E-state index contributed by atoms with van der Waals surface area (Å²) in [6, 6.07) is 16.0. The highest BCUT2D eigenvalue weighted by molar-refractivity contribution is 7.88. The summed E-state index contributed by atoms with van der Waals surface area (Å²) in [5.74, 6) is 0.869. The van der Waals surface area contributed by atoms with E-state index in [0.29, 0.717) is 13.0 Å². The Bertz CT molecular complexity index is 722. The van der Waals surface area contributed by atoms with Gasteiger partial charge in [0, 0.05) is 6.04 Å². The van der Waals surface area contributed by atoms with E-state index in [2.05, 4.69) is 16.9 Å². The number of ether oxygens (including phenoxy) is 1. The zero-order valence-electron chi connectivity index (χ0n) is 13.7. The van der Waals surface area contributed by atoms with Crippen molar-refractivity contribution >= 4 is 10.0 Å². The highest BCUT2D eigenvalue weighted by atomic mass is 32.2. The van der Waals surface area contributed by atoms with Gasteiger partial charge in [-0.1, -0.05) is 36.4 Å². The highest BCUT2D eigenvalue weighted by Crippen LogP contribution is 2.23. The lowest BCUT2D eigenvalue weighted by Crippen LogP contribution is -2.33. The number of benzene rings is 2. The molecule has 0 aromatic heterocycles. The summed E-state index contributed by atoms with van der Waals surface area (Å²) >= 11 is 0. The molecule has 0 aliphatic rings. The lowest BCUT2D eigenvalue weighted by atomic mass is 10.0. The Kier molecular flexibility index (Phi) is 5.80. The van der Waals surface area contributed by atoms with Crippen molar-refractivity contribution < 1.29 is 13.2 Å². The van der Waals surface area contributed by atoms with Crippen molar-refractivity contribution in [3.05, 3.63) is 54.1 Å². The molecule has 4 nitrogen and oxygen atoms in total. The zero-order valence-corrected chi connectivity index (χ0v) is 14.6. The van der Waals surface area contributed by atoms with Gasteiger partial charge >= 0.3 is 0 Å². The molecule has 0 radical (unpaired) electrons. The van der Waals surface area contributed by atoms with Crippen molar-refractivity contribution in [2.75, 3.05) is 12.9 Å². The van der Waals surface area contributed by atoms with Crippen molar-refractivity contribution in [2.24, 2.45) is 0 Å². The second-order valence-electron chi connectivity index (χ2n) is 5.65. The summed E-state index contributed by atoms with van der Waals surface area (Å²) < 4.78 is 30.5. The topological polar surface area (TPSA) is 55.4 Å². The SMILES string of the molecule is CCOc1ccc(-c2ccc(CC(C)NS(C)(=O)=O)cc2)cc1. The maximum absolute atomic E-state index is 11.2. The first-order valence-electron chi connectivity index (χ1n) is 7.67. The fourth-order valence-electron chi connectivity index (χ4n) is 2.50. The predicted octanol–water partition coefficient (Wildman–Crippen LogP) is 3.23. The van der Waals surface area contributed by atoms with E-state index in [1.54, 1.807) is 0 Å². The van der Waals surface area contributed by atoms with Crippen molar-refractivity contribution in [3.63, 3.8) is 0 Å². The van der Waals surface area contributed by atoms with Gasteiger partial charge in [-0.2, -0.15) is 0 Å². The minimum absolute atomic E-state index is 0.124. The van der Waals surface area contributed by atoms with E-state index in [4.69, 9.17) is 4.74 Å². The van der Waals surface area contributed by atoms with Gasteiger partial charge in [0.05, 0.1) is 12.9 Å². The average Bonchev–Trinajstić information content (AvgIpc) is 2.47. The average molecular weight is 333 g/mol. The second-order valence-corrected chi connectivity index (χ2v) is 7.43. The van der Waals surface area contributed by atoms with Crippen LogP contribution in [0.15, 0.2) is 48.5 Å². The molecule has 2 aromatic rings. The van der Waals surface area contributed by atoms with Crippen molar-refractivity contribution in [1.82, 2.24) is 4.72 Å². The molecule has 0 bridgehead atoms. The molecule has 0 spiro atoms. The van der Waals surface area contributed by atoms with Gasteiger partial charge in [0.1, 0.15) is 5.75 Å². The second kappa shape index (κ2) is 7.62. The minimum atomic E-state index is -3.17. The summed E-state index contributed by atoms with van der Waals surface area (Å²) in [4.78, 5) is 0. The molecule has 2 aromatic carbocycles. The zero-order chi connectivity index (χ0) is 16.9. The van der Waals surface area contributed by atoms with Crippen LogP contribution in [0.4, 0.5) is 0 Å². The first-order valence-corrected chi connectivity index (χ1v) is 9.56. The Labute approximate surface area is 138 Å². The molecule has 5 heteroatoms. The first-order chi connectivity index (χ1) is 10.9. The molecular weight excluding hydrogens is 310 g/mol. The standard InChI is InChI=1S/C18H23NO3S/c1-4-22-18-11-9-17(10-12-18)16-7-5-15(6-8-16)13-14(2)19-23(3,20)21/h5-12,14,19H,4,13H2,1-3H3. The van der Waals surface area contributed by atoms with Gasteiger partial charge in [-0.25, -0.2) is 13.1 Å². The molecule has 2 rings (SSSR count). The molecule has 23 heavy (non-hydrogen) atoms. The van der Waals surface area contributed by atoms with Crippen LogP contribution >= 0.6 is 0 Å². The van der Waals surface area contributed by atoms with E-state index in [-0.39, 0.29) is 6.04 Å². The van der Waals surface area contributed by atoms with Gasteiger partial charge in [0.15, 0.2) is 0 Å². The van der Waals surface area contributed by atoms with E-state index in [1.165, 1.54) is 6.26 Å². The molecule has 0 amide bonds. The Morgan fingerprint density at radius 1 is 1.00 bits per heavy atom. The number of rotatable bonds is 7. The van der Waals surface area contributed by atoms with Crippen molar-refractivity contribution in [2.45, 2.75) is 26.3 Å². The Morgan fingerprint density at radius 2 is 1.52 bits per heavy atom. The van der Waals surface area contributed by atoms with Crippen LogP contribution in [0.5, 0.6) is 5.75 Å². The molecule has 0 saturated carbocycles. The molecule has 0 fully saturated rings. The van der Waals surface area contributed by atoms with E-state index >= 15 is 0 Å². The van der Waals surface area contributed by atoms with Gasteiger partial charge in [-0.15, -0.1) is 0 Å². The number of hydrogen-bond donors (Lipinski definition) is 1. The third-order valence-electron chi connectivity index (χ3n) is 3.41. The maximum atomic E-state index is 11.2. The molecule has 0 aliphatic heterocycles. The molecular formula is C18H23NO3S. The normalized spacial score (nSPS) is 12.8. The monoisotopic (exact) mass is 333 g/mol. The highest BCUT2D eigenvalue weighted by Gasteiger charge is 2.09. The minimum Gasteiger partial charge on any atom is -0.494 e. The fourth-order valence-corrected chi connectivity index (χ4v) is 3.32. The summed E-state index contributed by atoms with van der Waals surface area (Å²) in [6.45, 7) is 4.49. The summed E-state index contributed by atoms with van der Waals surface area (Å²) in [5.41, 5.74) is 3.35. The van der Waals surface area contributed by atoms with E-state index in [1.807, 2.05) is 50.2 Å². The van der Waals surface area contributed by atoms with Crippen LogP contribution in [0, 0.1) is 0 Å². The van der Waals surface area contributed by atoms with Crippen LogP contribution in [0.3, 0.4) is 0 Å². The lowest BCUT2D eigenvalue weighted by Gasteiger charge is -2.12. The van der Waals surface area contributed by atoms with E-state index < -0.39 is 10.0 Å². The van der Waals surface area contributed by atoms with Crippen molar-refractivity contribution in [1.29, 1.82) is 0 Å². The van der Waals surface area contributed by atoms with Gasteiger partial charge < -0.3 is 4.74 Å². The van der Waals surface area contributed by atoms with Crippen LogP contribution in [-0.2, 0) is 16.4 Å². The Morgan fingerprint density at radius 3 is 2.00 bits per heavy atom. The molecule has 0 saturated heterocycles. The Hall–Kier alpha value is -1.85. The third-order valence-corrected chi connectivity index (χ3v) is 4.24. The molecule has 0 heterocycles. The number of sulfonamides is 1. The maximum Gasteiger partial charge on any atom is 0.208 e. The molecule has 1 unspecified atom stereocenters. The summed E-state index contributed by atoms with van der Waals surface area (Å²) in [6.07, 6.45) is 1.84. The van der Waals surface area contributed by atoms with Crippen LogP contribution < -0.4 is 9.46 Å². The van der Waals surface area contributed by atoms with Crippen LogP contribution in [-0.4, -0.2) is 27.3 Å². The van der Waals surface area contributed by atoms with Gasteiger partial charge in [0.2, 0.25) is 10.0 Å².